The molecule has 0 aliphatic heterocycles. The molecule has 0 amide bonds. The van der Waals surface area contributed by atoms with Crippen LogP contribution in [-0.4, -0.2) is 23.9 Å². The molecule has 0 aliphatic rings. The van der Waals surface area contributed by atoms with Gasteiger partial charge in [-0.3, -0.25) is 0 Å². The van der Waals surface area contributed by atoms with Crippen LogP contribution in [0.25, 0.3) is 0 Å². The molecule has 0 radical (unpaired) electrons. The lowest BCUT2D eigenvalue weighted by atomic mass is 9.63. The molecule has 3 nitrogen and oxygen atoms in total. The largest absolute Gasteiger partial charge is 0.364 e. The Morgan fingerprint density at radius 2 is 1.14 bits per heavy atom. The summed E-state index contributed by atoms with van der Waals surface area (Å²) in [4.78, 5) is -0.569. The minimum Gasteiger partial charge on any atom is -0.364 e. The standard InChI is InChI=1S/C25H53NO2S/c1-17(2)18(3)19(4)21(6,7)15-28-25(14,29)23(10,11)20(5)22(8,9)16-27-24(12,13)26/h17-20,29H,15-16,26H2,1-14H3. The SMILES string of the molecule is CC(C)C(C)C(C)C(C)(C)COC(C)(S)C(C)(C)C(C)C(C)(C)COC(C)(C)N. The van der Waals surface area contributed by atoms with E-state index in [-0.39, 0.29) is 16.2 Å². The van der Waals surface area contributed by atoms with Gasteiger partial charge in [0.25, 0.3) is 0 Å². The van der Waals surface area contributed by atoms with Gasteiger partial charge in [-0.25, -0.2) is 0 Å². The van der Waals surface area contributed by atoms with Gasteiger partial charge in [0.05, 0.1) is 13.2 Å². The van der Waals surface area contributed by atoms with E-state index in [0.29, 0.717) is 36.9 Å². The monoisotopic (exact) mass is 431 g/mol. The van der Waals surface area contributed by atoms with Gasteiger partial charge in [0.2, 0.25) is 0 Å². The molecular weight excluding hydrogens is 378 g/mol. The number of thiol groups is 1. The molecule has 0 rings (SSSR count). The summed E-state index contributed by atoms with van der Waals surface area (Å²) < 4.78 is 12.5. The highest BCUT2D eigenvalue weighted by Gasteiger charge is 2.49. The molecule has 2 N–H and O–H groups in total. The first-order chi connectivity index (χ1) is 12.6. The van der Waals surface area contributed by atoms with Gasteiger partial charge in [-0.2, -0.15) is 0 Å². The maximum absolute atomic E-state index is 6.57. The zero-order chi connectivity index (χ0) is 23.6. The summed E-state index contributed by atoms with van der Waals surface area (Å²) in [5.74, 6) is 2.16. The fraction of sp³-hybridized carbons (Fsp3) is 1.00. The third-order valence-corrected chi connectivity index (χ3v) is 8.77. The summed E-state index contributed by atoms with van der Waals surface area (Å²) >= 11 is 5.05. The van der Waals surface area contributed by atoms with Crippen LogP contribution in [0.1, 0.15) is 96.9 Å². The molecule has 0 bridgehead atoms. The van der Waals surface area contributed by atoms with Gasteiger partial charge < -0.3 is 15.2 Å². The molecule has 176 valence electrons. The third kappa shape index (κ3) is 8.01. The molecule has 0 aromatic carbocycles. The van der Waals surface area contributed by atoms with Crippen molar-refractivity contribution in [2.45, 2.75) is 108 Å². The lowest BCUT2D eigenvalue weighted by Crippen LogP contribution is -2.51. The van der Waals surface area contributed by atoms with E-state index in [9.17, 15) is 0 Å². The lowest BCUT2D eigenvalue weighted by Gasteiger charge is -2.51. The highest BCUT2D eigenvalue weighted by molar-refractivity contribution is 7.81. The Kier molecular flexibility index (Phi) is 9.87. The van der Waals surface area contributed by atoms with Gasteiger partial charge in [-0.05, 0) is 55.3 Å². The molecule has 0 spiro atoms. The number of hydrogen-bond acceptors (Lipinski definition) is 4. The topological polar surface area (TPSA) is 44.5 Å². The smallest absolute Gasteiger partial charge is 0.113 e. The van der Waals surface area contributed by atoms with Gasteiger partial charge in [0.15, 0.2) is 0 Å². The second-order valence-electron chi connectivity index (χ2n) is 12.5. The van der Waals surface area contributed by atoms with E-state index >= 15 is 0 Å². The molecule has 0 aromatic rings. The lowest BCUT2D eigenvalue weighted by molar-refractivity contribution is -0.136. The van der Waals surface area contributed by atoms with Crippen molar-refractivity contribution in [2.75, 3.05) is 13.2 Å². The van der Waals surface area contributed by atoms with Crippen molar-refractivity contribution >= 4 is 12.6 Å². The van der Waals surface area contributed by atoms with E-state index in [1.807, 2.05) is 13.8 Å². The second kappa shape index (κ2) is 9.79. The first kappa shape index (κ1) is 29.2. The van der Waals surface area contributed by atoms with E-state index in [1.54, 1.807) is 0 Å². The van der Waals surface area contributed by atoms with Gasteiger partial charge >= 0.3 is 0 Å². The Morgan fingerprint density at radius 1 is 0.724 bits per heavy atom. The van der Waals surface area contributed by atoms with E-state index in [0.717, 1.165) is 0 Å². The van der Waals surface area contributed by atoms with Crippen molar-refractivity contribution in [1.29, 1.82) is 0 Å². The Hall–Kier alpha value is 0.230. The Morgan fingerprint density at radius 3 is 1.52 bits per heavy atom. The van der Waals surface area contributed by atoms with Crippen molar-refractivity contribution in [3.8, 4) is 0 Å². The predicted molar refractivity (Wildman–Crippen MR) is 131 cm³/mol. The molecule has 0 saturated heterocycles. The van der Waals surface area contributed by atoms with Gasteiger partial charge in [-0.15, -0.1) is 12.6 Å². The molecule has 4 unspecified atom stereocenters. The number of rotatable bonds is 12. The van der Waals surface area contributed by atoms with Crippen LogP contribution in [0.2, 0.25) is 0 Å². The highest BCUT2D eigenvalue weighted by atomic mass is 32.1. The predicted octanol–water partition coefficient (Wildman–Crippen LogP) is 7.00. The van der Waals surface area contributed by atoms with E-state index in [1.165, 1.54) is 0 Å². The quantitative estimate of drug-likeness (QED) is 0.258. The second-order valence-corrected chi connectivity index (χ2v) is 13.3. The van der Waals surface area contributed by atoms with Crippen LogP contribution in [0.4, 0.5) is 0 Å². The molecule has 4 heteroatoms. The Balaban J connectivity index is 5.34. The zero-order valence-corrected chi connectivity index (χ0v) is 23.0. The van der Waals surface area contributed by atoms with Crippen LogP contribution in [0.3, 0.4) is 0 Å². The molecule has 29 heavy (non-hydrogen) atoms. The zero-order valence-electron chi connectivity index (χ0n) is 22.1. The minimum absolute atomic E-state index is 0.0670. The van der Waals surface area contributed by atoms with Crippen molar-refractivity contribution < 1.29 is 9.47 Å². The van der Waals surface area contributed by atoms with Crippen LogP contribution in [0.15, 0.2) is 0 Å². The van der Waals surface area contributed by atoms with Crippen molar-refractivity contribution in [2.24, 2.45) is 45.7 Å². The van der Waals surface area contributed by atoms with E-state index in [4.69, 9.17) is 27.8 Å². The fourth-order valence-corrected chi connectivity index (χ4v) is 4.07. The summed E-state index contributed by atoms with van der Waals surface area (Å²) in [7, 11) is 0. The number of ether oxygens (including phenoxy) is 2. The maximum atomic E-state index is 6.57. The average Bonchev–Trinajstić information content (AvgIpc) is 2.55. The summed E-state index contributed by atoms with van der Waals surface area (Å²) in [6.07, 6.45) is 0. The van der Waals surface area contributed by atoms with Crippen LogP contribution in [0, 0.1) is 39.9 Å². The van der Waals surface area contributed by atoms with Crippen molar-refractivity contribution in [1.82, 2.24) is 0 Å². The molecule has 4 atom stereocenters. The molecule has 0 saturated carbocycles. The summed E-state index contributed by atoms with van der Waals surface area (Å²) in [6, 6.07) is 0. The highest BCUT2D eigenvalue weighted by Crippen LogP contribution is 2.51. The van der Waals surface area contributed by atoms with E-state index in [2.05, 4.69) is 83.1 Å². The number of nitrogens with two attached hydrogens (primary N) is 1. The number of hydrogen-bond donors (Lipinski definition) is 2. The first-order valence-electron chi connectivity index (χ1n) is 11.4. The minimum atomic E-state index is -0.630. The summed E-state index contributed by atoms with van der Waals surface area (Å²) in [5, 5.41) is 0. The van der Waals surface area contributed by atoms with Crippen LogP contribution < -0.4 is 5.73 Å². The van der Waals surface area contributed by atoms with E-state index < -0.39 is 10.7 Å². The van der Waals surface area contributed by atoms with Gasteiger partial charge in [-0.1, -0.05) is 76.2 Å². The molecule has 0 heterocycles. The van der Waals surface area contributed by atoms with Gasteiger partial charge in [0, 0.05) is 5.41 Å². The maximum Gasteiger partial charge on any atom is 0.113 e. The van der Waals surface area contributed by atoms with Crippen LogP contribution >= 0.6 is 12.6 Å². The van der Waals surface area contributed by atoms with Crippen molar-refractivity contribution in [3.05, 3.63) is 0 Å². The van der Waals surface area contributed by atoms with Crippen LogP contribution in [-0.2, 0) is 9.47 Å². The van der Waals surface area contributed by atoms with Crippen molar-refractivity contribution in [3.63, 3.8) is 0 Å². The average molecular weight is 432 g/mol. The Labute approximate surface area is 188 Å². The molecule has 0 aromatic heterocycles. The van der Waals surface area contributed by atoms with Gasteiger partial charge in [0.1, 0.15) is 10.7 Å². The third-order valence-electron chi connectivity index (χ3n) is 8.06. The fourth-order valence-electron chi connectivity index (χ4n) is 3.81. The Bertz CT molecular complexity index is 503. The molecule has 0 fully saturated rings. The summed E-state index contributed by atoms with van der Waals surface area (Å²) in [5.41, 5.74) is 5.25. The normalized spacial score (nSPS) is 19.8. The first-order valence-corrected chi connectivity index (χ1v) is 11.8. The van der Waals surface area contributed by atoms with Crippen LogP contribution in [0.5, 0.6) is 0 Å². The molecular formula is C25H53NO2S. The molecule has 0 aliphatic carbocycles. The summed E-state index contributed by atoms with van der Waals surface area (Å²) in [6.45, 7) is 32.4.